The largest absolute Gasteiger partial charge is 0.393 e. The third-order valence-electron chi connectivity index (χ3n) is 4.66. The molecule has 1 heteroatoms. The van der Waals surface area contributed by atoms with Crippen LogP contribution in [0.2, 0.25) is 0 Å². The fourth-order valence-electron chi connectivity index (χ4n) is 3.75. The lowest BCUT2D eigenvalue weighted by atomic mass is 9.92. The van der Waals surface area contributed by atoms with E-state index in [4.69, 9.17) is 6.42 Å². The quantitative estimate of drug-likeness (QED) is 0.633. The fourth-order valence-corrected chi connectivity index (χ4v) is 3.75. The summed E-state index contributed by atoms with van der Waals surface area (Å²) in [6.07, 6.45) is 10.1. The van der Waals surface area contributed by atoms with Crippen molar-refractivity contribution in [1.82, 2.24) is 0 Å². The van der Waals surface area contributed by atoms with Gasteiger partial charge >= 0.3 is 0 Å². The molecule has 18 heavy (non-hydrogen) atoms. The number of benzene rings is 1. The fraction of sp³-hybridized carbons (Fsp3) is 0.529. The van der Waals surface area contributed by atoms with Crippen LogP contribution in [0.3, 0.4) is 0 Å². The topological polar surface area (TPSA) is 20.2 Å². The minimum absolute atomic E-state index is 0.153. The summed E-state index contributed by atoms with van der Waals surface area (Å²) in [5, 5.41) is 10.3. The van der Waals surface area contributed by atoms with Gasteiger partial charge in [0.15, 0.2) is 0 Å². The van der Waals surface area contributed by atoms with E-state index in [-0.39, 0.29) is 6.10 Å². The highest BCUT2D eigenvalue weighted by molar-refractivity contribution is 5.39. The van der Waals surface area contributed by atoms with Crippen LogP contribution >= 0.6 is 0 Å². The van der Waals surface area contributed by atoms with Gasteiger partial charge in [-0.05, 0) is 54.6 Å². The van der Waals surface area contributed by atoms with E-state index in [9.17, 15) is 5.11 Å². The van der Waals surface area contributed by atoms with E-state index in [0.717, 1.165) is 25.2 Å². The second-order valence-corrected chi connectivity index (χ2v) is 5.67. The molecule has 0 radical (unpaired) electrons. The lowest BCUT2D eigenvalue weighted by Crippen LogP contribution is -2.11. The highest BCUT2D eigenvalue weighted by Crippen LogP contribution is 2.61. The predicted molar refractivity (Wildman–Crippen MR) is 73.2 cm³/mol. The molecular formula is C17H20O. The highest BCUT2D eigenvalue weighted by atomic mass is 16.3. The molecule has 94 valence electrons. The van der Waals surface area contributed by atoms with Crippen molar-refractivity contribution in [2.45, 2.75) is 44.1 Å². The lowest BCUT2D eigenvalue weighted by molar-refractivity contribution is 0.131. The van der Waals surface area contributed by atoms with Gasteiger partial charge in [0.2, 0.25) is 0 Å². The molecule has 0 saturated heterocycles. The van der Waals surface area contributed by atoms with E-state index < -0.39 is 0 Å². The van der Waals surface area contributed by atoms with Gasteiger partial charge in [0.25, 0.3) is 0 Å². The number of hydrogen-bond acceptors (Lipinski definition) is 1. The van der Waals surface area contributed by atoms with Gasteiger partial charge in [0.05, 0.1) is 6.10 Å². The molecule has 1 nitrogen and oxygen atoms in total. The summed E-state index contributed by atoms with van der Waals surface area (Å²) in [6.45, 7) is 0. The van der Waals surface area contributed by atoms with Gasteiger partial charge in [-0.3, -0.25) is 0 Å². The van der Waals surface area contributed by atoms with E-state index in [1.165, 1.54) is 24.0 Å². The molecule has 1 saturated carbocycles. The molecule has 1 N–H and O–H groups in total. The molecule has 1 aromatic carbocycles. The molecule has 0 aromatic heterocycles. The number of hydrogen-bond donors (Lipinski definition) is 1. The van der Waals surface area contributed by atoms with Crippen LogP contribution in [0.4, 0.5) is 0 Å². The van der Waals surface area contributed by atoms with E-state index in [1.54, 1.807) is 0 Å². The van der Waals surface area contributed by atoms with E-state index in [1.807, 2.05) is 0 Å². The number of aryl methyl sites for hydroxylation is 1. The van der Waals surface area contributed by atoms with Crippen LogP contribution in [0.1, 0.15) is 42.7 Å². The first-order valence-corrected chi connectivity index (χ1v) is 7.02. The summed E-state index contributed by atoms with van der Waals surface area (Å²) in [5.41, 5.74) is 2.99. The maximum atomic E-state index is 10.3. The molecule has 1 fully saturated rings. The van der Waals surface area contributed by atoms with Gasteiger partial charge < -0.3 is 5.11 Å². The van der Waals surface area contributed by atoms with Crippen LogP contribution in [-0.4, -0.2) is 11.2 Å². The first-order valence-electron chi connectivity index (χ1n) is 7.02. The molecule has 3 rings (SSSR count). The van der Waals surface area contributed by atoms with Crippen LogP contribution < -0.4 is 0 Å². The molecule has 1 aromatic rings. The third kappa shape index (κ3) is 1.95. The number of aliphatic hydroxyl groups excluding tert-OH is 1. The van der Waals surface area contributed by atoms with Crippen molar-refractivity contribution in [2.75, 3.05) is 0 Å². The highest BCUT2D eigenvalue weighted by Gasteiger charge is 2.55. The molecule has 0 aliphatic heterocycles. The van der Waals surface area contributed by atoms with Crippen LogP contribution in [0, 0.1) is 24.2 Å². The summed E-state index contributed by atoms with van der Waals surface area (Å²) in [5.74, 6) is 4.49. The summed E-state index contributed by atoms with van der Waals surface area (Å²) in [7, 11) is 0. The second kappa shape index (κ2) is 4.78. The summed E-state index contributed by atoms with van der Waals surface area (Å²) in [6, 6.07) is 8.74. The Labute approximate surface area is 109 Å². The predicted octanol–water partition coefficient (Wildman–Crippen LogP) is 3.13. The third-order valence-corrected chi connectivity index (χ3v) is 4.66. The van der Waals surface area contributed by atoms with Crippen LogP contribution in [0.15, 0.2) is 24.3 Å². The lowest BCUT2D eigenvalue weighted by Gasteiger charge is -2.13. The Hall–Kier alpha value is -1.26. The number of unbranched alkanes of at least 4 members (excludes halogenated alkanes) is 1. The van der Waals surface area contributed by atoms with Gasteiger partial charge in [-0.15, -0.1) is 12.3 Å². The van der Waals surface area contributed by atoms with Crippen molar-refractivity contribution in [1.29, 1.82) is 0 Å². The van der Waals surface area contributed by atoms with Crippen LogP contribution in [0.25, 0.3) is 0 Å². The van der Waals surface area contributed by atoms with Crippen molar-refractivity contribution in [3.05, 3.63) is 35.4 Å². The van der Waals surface area contributed by atoms with E-state index in [2.05, 4.69) is 30.2 Å². The number of terminal acetylenes is 1. The minimum atomic E-state index is -0.153. The molecule has 0 bridgehead atoms. The SMILES string of the molecule is C#CCCCC(O)C1C2CCc3ccccc3C21. The molecular weight excluding hydrogens is 220 g/mol. The van der Waals surface area contributed by atoms with Gasteiger partial charge in [0, 0.05) is 6.42 Å². The average Bonchev–Trinajstić information content (AvgIpc) is 3.14. The van der Waals surface area contributed by atoms with Crippen LogP contribution in [-0.2, 0) is 6.42 Å². The molecule has 2 aliphatic carbocycles. The number of rotatable bonds is 4. The Kier molecular flexibility index (Phi) is 3.14. The average molecular weight is 240 g/mol. The summed E-state index contributed by atoms with van der Waals surface area (Å²) < 4.78 is 0. The summed E-state index contributed by atoms with van der Waals surface area (Å²) >= 11 is 0. The maximum Gasteiger partial charge on any atom is 0.0577 e. The molecule has 4 atom stereocenters. The monoisotopic (exact) mass is 240 g/mol. The van der Waals surface area contributed by atoms with Crippen molar-refractivity contribution < 1.29 is 5.11 Å². The Morgan fingerprint density at radius 1 is 1.39 bits per heavy atom. The molecule has 0 spiro atoms. The zero-order chi connectivity index (χ0) is 12.5. The number of fused-ring (bicyclic) bond motifs is 3. The Morgan fingerprint density at radius 2 is 2.22 bits per heavy atom. The minimum Gasteiger partial charge on any atom is -0.393 e. The van der Waals surface area contributed by atoms with Crippen molar-refractivity contribution in [3.63, 3.8) is 0 Å². The zero-order valence-electron chi connectivity index (χ0n) is 10.7. The number of aliphatic hydroxyl groups is 1. The van der Waals surface area contributed by atoms with Crippen molar-refractivity contribution in [2.24, 2.45) is 11.8 Å². The standard InChI is InChI=1S/C17H20O/c1-2-3-4-9-15(18)17-14-11-10-12-7-5-6-8-13(12)16(14)17/h1,5-8,14-18H,3-4,9-11H2. The van der Waals surface area contributed by atoms with E-state index >= 15 is 0 Å². The first kappa shape index (κ1) is 11.8. The smallest absolute Gasteiger partial charge is 0.0577 e. The molecule has 0 amide bonds. The second-order valence-electron chi connectivity index (χ2n) is 5.67. The van der Waals surface area contributed by atoms with Gasteiger partial charge in [0.1, 0.15) is 0 Å². The van der Waals surface area contributed by atoms with Gasteiger partial charge in [-0.2, -0.15) is 0 Å². The molecule has 0 heterocycles. The Bertz CT molecular complexity index is 471. The van der Waals surface area contributed by atoms with Gasteiger partial charge in [-0.25, -0.2) is 0 Å². The van der Waals surface area contributed by atoms with E-state index in [0.29, 0.717) is 11.8 Å². The van der Waals surface area contributed by atoms with Gasteiger partial charge in [-0.1, -0.05) is 24.3 Å². The van der Waals surface area contributed by atoms with Crippen LogP contribution in [0.5, 0.6) is 0 Å². The first-order chi connectivity index (χ1) is 8.83. The Morgan fingerprint density at radius 3 is 3.06 bits per heavy atom. The summed E-state index contributed by atoms with van der Waals surface area (Å²) in [4.78, 5) is 0. The molecule has 2 aliphatic rings. The normalized spacial score (nSPS) is 29.9. The van der Waals surface area contributed by atoms with Crippen molar-refractivity contribution in [3.8, 4) is 12.3 Å². The Balaban J connectivity index is 1.67. The molecule has 4 unspecified atom stereocenters. The zero-order valence-corrected chi connectivity index (χ0v) is 10.7. The van der Waals surface area contributed by atoms with Crippen molar-refractivity contribution >= 4 is 0 Å². The maximum absolute atomic E-state index is 10.3.